The highest BCUT2D eigenvalue weighted by molar-refractivity contribution is 7.18. The molecule has 3 rings (SSSR count). The third-order valence-corrected chi connectivity index (χ3v) is 4.43. The molecule has 0 bridgehead atoms. The van der Waals surface area contributed by atoms with Crippen LogP contribution in [0.3, 0.4) is 0 Å². The van der Waals surface area contributed by atoms with Crippen LogP contribution < -0.4 is 0 Å². The number of hydrogen-bond donors (Lipinski definition) is 0. The molecule has 0 aliphatic heterocycles. The predicted molar refractivity (Wildman–Crippen MR) is 87.1 cm³/mol. The molecule has 0 atom stereocenters. The maximum absolute atomic E-state index is 4.87. The normalized spacial score (nSPS) is 10.9. The second-order valence-corrected chi connectivity index (χ2v) is 6.12. The second kappa shape index (κ2) is 5.59. The molecule has 3 aromatic rings. The first-order chi connectivity index (χ1) is 9.75. The molecular formula is C18H17NS. The monoisotopic (exact) mass is 279 g/mol. The number of nitrogens with zero attached hydrogens (tertiary/aromatic N) is 1. The average Bonchev–Trinajstić information content (AvgIpc) is 2.94. The first-order valence-corrected chi connectivity index (χ1v) is 7.69. The maximum Gasteiger partial charge on any atom is 0.124 e. The van der Waals surface area contributed by atoms with E-state index < -0.39 is 0 Å². The fourth-order valence-electron chi connectivity index (χ4n) is 2.22. The van der Waals surface area contributed by atoms with Gasteiger partial charge in [-0.15, -0.1) is 11.3 Å². The van der Waals surface area contributed by atoms with Crippen molar-refractivity contribution >= 4 is 11.3 Å². The summed E-state index contributed by atoms with van der Waals surface area (Å²) in [5, 5.41) is 1.10. The van der Waals surface area contributed by atoms with E-state index in [4.69, 9.17) is 4.98 Å². The summed E-state index contributed by atoms with van der Waals surface area (Å²) in [4.78, 5) is 6.17. The van der Waals surface area contributed by atoms with E-state index in [9.17, 15) is 0 Å². The first-order valence-electron chi connectivity index (χ1n) is 6.87. The van der Waals surface area contributed by atoms with Gasteiger partial charge < -0.3 is 0 Å². The zero-order valence-corrected chi connectivity index (χ0v) is 12.5. The molecule has 0 aliphatic carbocycles. The summed E-state index contributed by atoms with van der Waals surface area (Å²) >= 11 is 1.78. The van der Waals surface area contributed by atoms with Gasteiger partial charge in [-0.05, 0) is 11.5 Å². The van der Waals surface area contributed by atoms with E-state index in [0.717, 1.165) is 5.01 Å². The Morgan fingerprint density at radius 1 is 0.800 bits per heavy atom. The lowest BCUT2D eigenvalue weighted by atomic mass is 10.1. The Balaban J connectivity index is 2.13. The number of thiazole rings is 1. The van der Waals surface area contributed by atoms with Crippen molar-refractivity contribution in [3.8, 4) is 21.0 Å². The summed E-state index contributed by atoms with van der Waals surface area (Å²) in [6.07, 6.45) is 0. The van der Waals surface area contributed by atoms with E-state index in [1.807, 2.05) is 6.07 Å². The molecule has 1 heterocycles. The van der Waals surface area contributed by atoms with Crippen LogP contribution in [0.2, 0.25) is 0 Å². The van der Waals surface area contributed by atoms with E-state index in [-0.39, 0.29) is 0 Å². The zero-order chi connectivity index (χ0) is 13.9. The predicted octanol–water partition coefficient (Wildman–Crippen LogP) is 5.60. The lowest BCUT2D eigenvalue weighted by Crippen LogP contribution is -1.90. The van der Waals surface area contributed by atoms with Crippen molar-refractivity contribution in [3.63, 3.8) is 0 Å². The van der Waals surface area contributed by atoms with Crippen LogP contribution in [0.5, 0.6) is 0 Å². The van der Waals surface area contributed by atoms with Crippen LogP contribution in [0.4, 0.5) is 0 Å². The summed E-state index contributed by atoms with van der Waals surface area (Å²) < 4.78 is 0. The highest BCUT2D eigenvalue weighted by Crippen LogP contribution is 2.38. The van der Waals surface area contributed by atoms with Crippen LogP contribution in [-0.4, -0.2) is 4.98 Å². The highest BCUT2D eigenvalue weighted by atomic mass is 32.1. The Hall–Kier alpha value is -1.93. The lowest BCUT2D eigenvalue weighted by molar-refractivity contribution is 0.836. The standard InChI is InChI=1S/C18H17NS/c1-13(2)16-17(14-9-5-3-6-10-14)20-18(19-16)15-11-7-4-8-12-15/h3-13H,1-2H3. The summed E-state index contributed by atoms with van der Waals surface area (Å²) in [6.45, 7) is 4.41. The van der Waals surface area contributed by atoms with Crippen LogP contribution in [0.25, 0.3) is 21.0 Å². The fraction of sp³-hybridized carbons (Fsp3) is 0.167. The van der Waals surface area contributed by atoms with Crippen molar-refractivity contribution in [3.05, 3.63) is 66.4 Å². The number of aromatic nitrogens is 1. The van der Waals surface area contributed by atoms with E-state index >= 15 is 0 Å². The quantitative estimate of drug-likeness (QED) is 0.608. The van der Waals surface area contributed by atoms with Gasteiger partial charge in [-0.1, -0.05) is 74.5 Å². The van der Waals surface area contributed by atoms with Gasteiger partial charge in [-0.3, -0.25) is 0 Å². The first kappa shape index (κ1) is 13.1. The van der Waals surface area contributed by atoms with Crippen LogP contribution in [0.1, 0.15) is 25.5 Å². The third kappa shape index (κ3) is 2.52. The highest BCUT2D eigenvalue weighted by Gasteiger charge is 2.16. The van der Waals surface area contributed by atoms with Gasteiger partial charge in [0.25, 0.3) is 0 Å². The Morgan fingerprint density at radius 2 is 1.35 bits per heavy atom. The van der Waals surface area contributed by atoms with E-state index in [1.165, 1.54) is 21.7 Å². The topological polar surface area (TPSA) is 12.9 Å². The molecule has 0 N–H and O–H groups in total. The summed E-state index contributed by atoms with van der Waals surface area (Å²) in [5.41, 5.74) is 3.65. The number of hydrogen-bond acceptors (Lipinski definition) is 2. The molecule has 0 saturated carbocycles. The molecular weight excluding hydrogens is 262 g/mol. The van der Waals surface area contributed by atoms with Gasteiger partial charge in [0.05, 0.1) is 10.6 Å². The van der Waals surface area contributed by atoms with E-state index in [0.29, 0.717) is 5.92 Å². The van der Waals surface area contributed by atoms with Crippen LogP contribution >= 0.6 is 11.3 Å². The molecule has 1 nitrogen and oxygen atoms in total. The molecule has 20 heavy (non-hydrogen) atoms. The number of benzene rings is 2. The van der Waals surface area contributed by atoms with E-state index in [2.05, 4.69) is 68.4 Å². The van der Waals surface area contributed by atoms with Crippen molar-refractivity contribution in [2.45, 2.75) is 19.8 Å². The van der Waals surface area contributed by atoms with Gasteiger partial charge in [0.1, 0.15) is 5.01 Å². The Kier molecular flexibility index (Phi) is 3.66. The van der Waals surface area contributed by atoms with Crippen molar-refractivity contribution in [2.24, 2.45) is 0 Å². The zero-order valence-electron chi connectivity index (χ0n) is 11.7. The molecule has 0 saturated heterocycles. The minimum Gasteiger partial charge on any atom is -0.240 e. The summed E-state index contributed by atoms with van der Waals surface area (Å²) in [5.74, 6) is 0.430. The van der Waals surface area contributed by atoms with Crippen LogP contribution in [0.15, 0.2) is 60.7 Å². The second-order valence-electron chi connectivity index (χ2n) is 5.12. The minimum absolute atomic E-state index is 0.430. The molecule has 0 spiro atoms. The van der Waals surface area contributed by atoms with Gasteiger partial charge in [-0.25, -0.2) is 4.98 Å². The van der Waals surface area contributed by atoms with E-state index in [1.54, 1.807) is 11.3 Å². The Morgan fingerprint density at radius 3 is 1.90 bits per heavy atom. The SMILES string of the molecule is CC(C)c1nc(-c2ccccc2)sc1-c1ccccc1. The molecule has 0 amide bonds. The molecule has 100 valence electrons. The van der Waals surface area contributed by atoms with Gasteiger partial charge in [-0.2, -0.15) is 0 Å². The molecule has 0 aliphatic rings. The smallest absolute Gasteiger partial charge is 0.124 e. The van der Waals surface area contributed by atoms with Crippen LogP contribution in [-0.2, 0) is 0 Å². The summed E-state index contributed by atoms with van der Waals surface area (Å²) in [7, 11) is 0. The van der Waals surface area contributed by atoms with Gasteiger partial charge in [0, 0.05) is 5.56 Å². The average molecular weight is 279 g/mol. The Labute approximate surface area is 124 Å². The van der Waals surface area contributed by atoms with Gasteiger partial charge >= 0.3 is 0 Å². The lowest BCUT2D eigenvalue weighted by Gasteiger charge is -2.04. The molecule has 1 aromatic heterocycles. The molecule has 0 fully saturated rings. The van der Waals surface area contributed by atoms with Crippen molar-refractivity contribution in [2.75, 3.05) is 0 Å². The molecule has 0 radical (unpaired) electrons. The third-order valence-electron chi connectivity index (χ3n) is 3.26. The molecule has 0 unspecified atom stereocenters. The van der Waals surface area contributed by atoms with Crippen LogP contribution in [0, 0.1) is 0 Å². The summed E-state index contributed by atoms with van der Waals surface area (Å²) in [6, 6.07) is 21.0. The fourth-order valence-corrected chi connectivity index (χ4v) is 3.45. The van der Waals surface area contributed by atoms with Crippen molar-refractivity contribution < 1.29 is 0 Å². The molecule has 2 aromatic carbocycles. The van der Waals surface area contributed by atoms with Crippen molar-refractivity contribution in [1.29, 1.82) is 0 Å². The minimum atomic E-state index is 0.430. The molecule has 2 heteroatoms. The largest absolute Gasteiger partial charge is 0.240 e. The van der Waals surface area contributed by atoms with Gasteiger partial charge in [0.2, 0.25) is 0 Å². The van der Waals surface area contributed by atoms with Crippen molar-refractivity contribution in [1.82, 2.24) is 4.98 Å². The Bertz CT molecular complexity index is 684. The van der Waals surface area contributed by atoms with Gasteiger partial charge in [0.15, 0.2) is 0 Å². The maximum atomic E-state index is 4.87. The number of rotatable bonds is 3.